The predicted octanol–water partition coefficient (Wildman–Crippen LogP) is 1.85. The minimum absolute atomic E-state index is 0.0172. The van der Waals surface area contributed by atoms with E-state index < -0.39 is 5.41 Å². The van der Waals surface area contributed by atoms with Crippen LogP contribution in [0.2, 0.25) is 0 Å². The maximum atomic E-state index is 11.8. The zero-order valence-corrected chi connectivity index (χ0v) is 10.2. The molecule has 0 rings (SSSR count). The van der Waals surface area contributed by atoms with E-state index >= 15 is 0 Å². The van der Waals surface area contributed by atoms with Crippen molar-refractivity contribution < 1.29 is 4.79 Å². The number of hydrogen-bond donors (Lipinski definition) is 0. The third-order valence-electron chi connectivity index (χ3n) is 2.14. The van der Waals surface area contributed by atoms with Crippen molar-refractivity contribution >= 4 is 5.78 Å². The van der Waals surface area contributed by atoms with Crippen molar-refractivity contribution in [1.82, 2.24) is 4.90 Å². The Balaban J connectivity index is 4.70. The number of rotatable bonds is 4. The minimum Gasteiger partial charge on any atom is -0.369 e. The Morgan fingerprint density at radius 2 is 1.81 bits per heavy atom. The lowest BCUT2D eigenvalue weighted by atomic mass is 9.90. The molecule has 0 spiro atoms. The summed E-state index contributed by atoms with van der Waals surface area (Å²) < 4.78 is 0. The summed E-state index contributed by atoms with van der Waals surface area (Å²) in [6.45, 7) is 8.24. The SMILES string of the molecule is CCN(C=C(C#N)C#N)CC(=O)C(C)(C)C. The molecule has 0 unspecified atom stereocenters. The molecule has 0 aromatic rings. The van der Waals surface area contributed by atoms with E-state index in [1.165, 1.54) is 6.20 Å². The highest BCUT2D eigenvalue weighted by Crippen LogP contribution is 2.15. The molecule has 0 aliphatic rings. The molecule has 16 heavy (non-hydrogen) atoms. The number of likely N-dealkylation sites (N-methyl/N-ethyl adjacent to an activating group) is 1. The van der Waals surface area contributed by atoms with Gasteiger partial charge >= 0.3 is 0 Å². The number of carbonyl (C=O) groups excluding carboxylic acids is 1. The lowest BCUT2D eigenvalue weighted by Crippen LogP contribution is -2.33. The molecule has 0 aromatic carbocycles. The molecule has 0 saturated heterocycles. The first-order chi connectivity index (χ1) is 7.35. The first kappa shape index (κ1) is 14.2. The molecule has 4 heteroatoms. The van der Waals surface area contributed by atoms with Crippen molar-refractivity contribution in [2.45, 2.75) is 27.7 Å². The van der Waals surface area contributed by atoms with Crippen LogP contribution < -0.4 is 0 Å². The van der Waals surface area contributed by atoms with E-state index in [4.69, 9.17) is 10.5 Å². The molecule has 4 nitrogen and oxygen atoms in total. The fraction of sp³-hybridized carbons (Fsp3) is 0.583. The molecule has 0 atom stereocenters. The number of Topliss-reactive ketones (excluding diaryl/α,β-unsaturated/α-hetero) is 1. The maximum Gasteiger partial charge on any atom is 0.157 e. The first-order valence-electron chi connectivity index (χ1n) is 5.14. The van der Waals surface area contributed by atoms with Crippen LogP contribution in [0.4, 0.5) is 0 Å². The number of ketones is 1. The van der Waals surface area contributed by atoms with Gasteiger partial charge in [0.1, 0.15) is 17.7 Å². The van der Waals surface area contributed by atoms with Crippen molar-refractivity contribution in [3.63, 3.8) is 0 Å². The molecule has 0 N–H and O–H groups in total. The van der Waals surface area contributed by atoms with Gasteiger partial charge in [0.25, 0.3) is 0 Å². The van der Waals surface area contributed by atoms with Gasteiger partial charge in [0, 0.05) is 18.2 Å². The molecular formula is C12H17N3O. The highest BCUT2D eigenvalue weighted by Gasteiger charge is 2.22. The van der Waals surface area contributed by atoms with E-state index in [-0.39, 0.29) is 17.9 Å². The smallest absolute Gasteiger partial charge is 0.157 e. The Kier molecular flexibility index (Phi) is 5.25. The summed E-state index contributed by atoms with van der Waals surface area (Å²) in [7, 11) is 0. The highest BCUT2D eigenvalue weighted by molar-refractivity contribution is 5.85. The van der Waals surface area contributed by atoms with Crippen LogP contribution in [0.3, 0.4) is 0 Å². The van der Waals surface area contributed by atoms with Gasteiger partial charge in [0.2, 0.25) is 0 Å². The summed E-state index contributed by atoms with van der Waals surface area (Å²) in [4.78, 5) is 13.4. The van der Waals surface area contributed by atoms with E-state index in [9.17, 15) is 4.79 Å². The largest absolute Gasteiger partial charge is 0.369 e. The Bertz CT molecular complexity index is 347. The van der Waals surface area contributed by atoms with Crippen molar-refractivity contribution in [3.05, 3.63) is 11.8 Å². The average Bonchev–Trinajstić information content (AvgIpc) is 2.22. The first-order valence-corrected chi connectivity index (χ1v) is 5.14. The minimum atomic E-state index is -0.402. The predicted molar refractivity (Wildman–Crippen MR) is 61.0 cm³/mol. The van der Waals surface area contributed by atoms with Gasteiger partial charge in [0.15, 0.2) is 5.78 Å². The van der Waals surface area contributed by atoms with Crippen LogP contribution in [0.15, 0.2) is 11.8 Å². The molecule has 0 saturated carbocycles. The van der Waals surface area contributed by atoms with Crippen LogP contribution in [0.5, 0.6) is 0 Å². The third-order valence-corrected chi connectivity index (χ3v) is 2.14. The number of carbonyl (C=O) groups is 1. The van der Waals surface area contributed by atoms with E-state index in [1.807, 2.05) is 27.7 Å². The molecule has 0 aliphatic heterocycles. The molecule has 0 aliphatic carbocycles. The molecule has 0 bridgehead atoms. The topological polar surface area (TPSA) is 67.9 Å². The van der Waals surface area contributed by atoms with E-state index in [0.29, 0.717) is 6.54 Å². The van der Waals surface area contributed by atoms with Gasteiger partial charge in [-0.15, -0.1) is 0 Å². The molecular weight excluding hydrogens is 202 g/mol. The van der Waals surface area contributed by atoms with Gasteiger partial charge in [-0.1, -0.05) is 20.8 Å². The van der Waals surface area contributed by atoms with Crippen molar-refractivity contribution in [2.75, 3.05) is 13.1 Å². The van der Waals surface area contributed by atoms with Crippen LogP contribution >= 0.6 is 0 Å². The van der Waals surface area contributed by atoms with Crippen molar-refractivity contribution in [3.8, 4) is 12.1 Å². The Morgan fingerprint density at radius 3 is 2.12 bits per heavy atom. The highest BCUT2D eigenvalue weighted by atomic mass is 16.1. The molecule has 0 radical (unpaired) electrons. The molecule has 0 amide bonds. The summed E-state index contributed by atoms with van der Waals surface area (Å²) in [5, 5.41) is 17.2. The number of nitriles is 2. The number of nitrogens with zero attached hydrogens (tertiary/aromatic N) is 3. The second-order valence-corrected chi connectivity index (χ2v) is 4.50. The lowest BCUT2D eigenvalue weighted by Gasteiger charge is -2.23. The summed E-state index contributed by atoms with van der Waals surface area (Å²) >= 11 is 0. The van der Waals surface area contributed by atoms with Gasteiger partial charge < -0.3 is 4.90 Å². The maximum absolute atomic E-state index is 11.8. The number of hydrogen-bond acceptors (Lipinski definition) is 4. The van der Waals surface area contributed by atoms with Crippen LogP contribution in [-0.4, -0.2) is 23.8 Å². The third kappa shape index (κ3) is 4.61. The molecule has 0 heterocycles. The van der Waals surface area contributed by atoms with E-state index in [0.717, 1.165) is 0 Å². The van der Waals surface area contributed by atoms with Gasteiger partial charge in [0.05, 0.1) is 6.54 Å². The molecule has 86 valence electrons. The standard InChI is InChI=1S/C12H17N3O/c1-5-15(8-10(6-13)7-14)9-11(16)12(2,3)4/h8H,5,9H2,1-4H3. The van der Waals surface area contributed by atoms with Crippen LogP contribution in [0.25, 0.3) is 0 Å². The van der Waals surface area contributed by atoms with Gasteiger partial charge in [-0.25, -0.2) is 0 Å². The summed E-state index contributed by atoms with van der Waals surface area (Å²) in [5.41, 5.74) is -0.385. The fourth-order valence-electron chi connectivity index (χ4n) is 0.936. The van der Waals surface area contributed by atoms with Crippen LogP contribution in [-0.2, 0) is 4.79 Å². The van der Waals surface area contributed by atoms with Gasteiger partial charge in [-0.05, 0) is 6.92 Å². The van der Waals surface area contributed by atoms with Crippen LogP contribution in [0.1, 0.15) is 27.7 Å². The summed E-state index contributed by atoms with van der Waals surface area (Å²) in [6, 6.07) is 3.55. The van der Waals surface area contributed by atoms with Crippen molar-refractivity contribution in [2.24, 2.45) is 5.41 Å². The van der Waals surface area contributed by atoms with E-state index in [2.05, 4.69) is 0 Å². The lowest BCUT2D eigenvalue weighted by molar-refractivity contribution is -0.126. The quantitative estimate of drug-likeness (QED) is 0.677. The Morgan fingerprint density at radius 1 is 1.31 bits per heavy atom. The van der Waals surface area contributed by atoms with Crippen molar-refractivity contribution in [1.29, 1.82) is 10.5 Å². The monoisotopic (exact) mass is 219 g/mol. The fourth-order valence-corrected chi connectivity index (χ4v) is 0.936. The number of allylic oxidation sites excluding steroid dienone is 1. The Hall–Kier alpha value is -1.81. The zero-order valence-electron chi connectivity index (χ0n) is 10.2. The van der Waals surface area contributed by atoms with Gasteiger partial charge in [-0.3, -0.25) is 4.79 Å². The Labute approximate surface area is 96.8 Å². The zero-order chi connectivity index (χ0) is 12.8. The second kappa shape index (κ2) is 5.92. The average molecular weight is 219 g/mol. The van der Waals surface area contributed by atoms with Gasteiger partial charge in [-0.2, -0.15) is 10.5 Å². The summed E-state index contributed by atoms with van der Waals surface area (Å²) in [6.07, 6.45) is 1.43. The molecule has 0 fully saturated rings. The second-order valence-electron chi connectivity index (χ2n) is 4.50. The van der Waals surface area contributed by atoms with E-state index in [1.54, 1.807) is 17.0 Å². The molecule has 0 aromatic heterocycles. The normalized spacial score (nSPS) is 9.88. The summed E-state index contributed by atoms with van der Waals surface area (Å²) in [5.74, 6) is 0.0841. The van der Waals surface area contributed by atoms with Crippen LogP contribution in [0, 0.1) is 28.1 Å².